The molecule has 1 aliphatic heterocycles. The molecule has 1 saturated heterocycles. The predicted octanol–water partition coefficient (Wildman–Crippen LogP) is 1.86. The van der Waals surface area contributed by atoms with Crippen molar-refractivity contribution < 1.29 is 8.42 Å². The van der Waals surface area contributed by atoms with Gasteiger partial charge in [0.05, 0.1) is 0 Å². The van der Waals surface area contributed by atoms with Gasteiger partial charge in [-0.3, -0.25) is 0 Å². The van der Waals surface area contributed by atoms with E-state index >= 15 is 0 Å². The lowest BCUT2D eigenvalue weighted by Crippen LogP contribution is -2.52. The Hall–Kier alpha value is -0.170. The Morgan fingerprint density at radius 2 is 1.76 bits per heavy atom. The van der Waals surface area contributed by atoms with Crippen molar-refractivity contribution in [1.82, 2.24) is 14.3 Å². The molecule has 0 radical (unpaired) electrons. The minimum Gasteiger partial charge on any atom is -0.314 e. The van der Waals surface area contributed by atoms with Gasteiger partial charge in [-0.05, 0) is 58.4 Å². The molecule has 6 heteroatoms. The highest BCUT2D eigenvalue weighted by molar-refractivity contribution is 7.87. The van der Waals surface area contributed by atoms with Crippen molar-refractivity contribution >= 4 is 10.2 Å². The summed E-state index contributed by atoms with van der Waals surface area (Å²) < 4.78 is 29.4. The molecule has 1 saturated carbocycles. The molecule has 0 bridgehead atoms. The van der Waals surface area contributed by atoms with Crippen molar-refractivity contribution in [3.8, 4) is 0 Å². The Morgan fingerprint density at radius 1 is 1.14 bits per heavy atom. The molecule has 2 rings (SSSR count). The number of hydrogen-bond donors (Lipinski definition) is 2. The van der Waals surface area contributed by atoms with Crippen LogP contribution in [0.15, 0.2) is 0 Å². The smallest absolute Gasteiger partial charge is 0.279 e. The third-order valence-electron chi connectivity index (χ3n) is 4.47. The molecule has 0 atom stereocenters. The fraction of sp³-hybridized carbons (Fsp3) is 1.00. The summed E-state index contributed by atoms with van der Waals surface area (Å²) in [5.41, 5.74) is -0.363. The third-order valence-corrected chi connectivity index (χ3v) is 6.32. The van der Waals surface area contributed by atoms with Crippen LogP contribution in [0.3, 0.4) is 0 Å². The van der Waals surface area contributed by atoms with Gasteiger partial charge in [0.25, 0.3) is 10.2 Å². The second-order valence-electron chi connectivity index (χ2n) is 7.27. The molecule has 0 unspecified atom stereocenters. The van der Waals surface area contributed by atoms with Crippen molar-refractivity contribution in [2.75, 3.05) is 19.6 Å². The molecule has 2 fully saturated rings. The van der Waals surface area contributed by atoms with Crippen LogP contribution in [0, 0.1) is 5.92 Å². The van der Waals surface area contributed by atoms with E-state index in [1.807, 2.05) is 13.8 Å². The van der Waals surface area contributed by atoms with E-state index in [1.165, 1.54) is 12.8 Å². The first-order valence-corrected chi connectivity index (χ1v) is 9.79. The van der Waals surface area contributed by atoms with Crippen molar-refractivity contribution in [3.63, 3.8) is 0 Å². The maximum absolute atomic E-state index is 12.5. The Labute approximate surface area is 130 Å². The number of nitrogens with one attached hydrogen (secondary N) is 2. The molecule has 0 spiro atoms. The van der Waals surface area contributed by atoms with Gasteiger partial charge in [0.1, 0.15) is 0 Å². The van der Waals surface area contributed by atoms with Gasteiger partial charge in [-0.1, -0.05) is 13.3 Å². The number of hydrogen-bond acceptors (Lipinski definition) is 3. The van der Waals surface area contributed by atoms with Gasteiger partial charge in [0.2, 0.25) is 0 Å². The Bertz CT molecular complexity index is 424. The van der Waals surface area contributed by atoms with Crippen LogP contribution in [0.4, 0.5) is 0 Å². The van der Waals surface area contributed by atoms with E-state index in [0.29, 0.717) is 19.0 Å². The molecule has 2 N–H and O–H groups in total. The predicted molar refractivity (Wildman–Crippen MR) is 86.4 cm³/mol. The molecule has 0 aromatic heterocycles. The van der Waals surface area contributed by atoms with Crippen LogP contribution in [0.1, 0.15) is 59.3 Å². The second kappa shape index (κ2) is 6.94. The summed E-state index contributed by atoms with van der Waals surface area (Å²) in [7, 11) is -3.34. The van der Waals surface area contributed by atoms with E-state index in [1.54, 1.807) is 4.31 Å². The zero-order chi connectivity index (χ0) is 15.5. The first kappa shape index (κ1) is 17.2. The second-order valence-corrected chi connectivity index (χ2v) is 8.94. The summed E-state index contributed by atoms with van der Waals surface area (Å²) in [6, 6.07) is 0.739. The molecule has 124 valence electrons. The Morgan fingerprint density at radius 3 is 2.29 bits per heavy atom. The summed E-state index contributed by atoms with van der Waals surface area (Å²) in [4.78, 5) is 0. The van der Waals surface area contributed by atoms with Gasteiger partial charge in [-0.2, -0.15) is 17.4 Å². The molecule has 0 aromatic carbocycles. The maximum atomic E-state index is 12.5. The summed E-state index contributed by atoms with van der Waals surface area (Å²) in [6.07, 6.45) is 6.38. The van der Waals surface area contributed by atoms with Gasteiger partial charge in [0, 0.05) is 24.7 Å². The topological polar surface area (TPSA) is 61.4 Å². The number of piperidine rings is 1. The number of nitrogens with zero attached hydrogens (tertiary/aromatic N) is 1. The standard InChI is InChI=1S/C15H31N3O2S/c1-4-9-15(2,3)17-21(19,20)18-10-7-13(8-11-18)12-16-14-5-6-14/h13-14,16-17H,4-12H2,1-3H3. The van der Waals surface area contributed by atoms with Gasteiger partial charge in [-0.25, -0.2) is 0 Å². The van der Waals surface area contributed by atoms with Crippen molar-refractivity contribution in [2.45, 2.75) is 70.9 Å². The normalized spacial score (nSPS) is 22.6. The van der Waals surface area contributed by atoms with Crippen LogP contribution in [-0.2, 0) is 10.2 Å². The van der Waals surface area contributed by atoms with E-state index in [9.17, 15) is 8.42 Å². The van der Waals surface area contributed by atoms with Gasteiger partial charge >= 0.3 is 0 Å². The van der Waals surface area contributed by atoms with Crippen molar-refractivity contribution in [3.05, 3.63) is 0 Å². The fourth-order valence-electron chi connectivity index (χ4n) is 3.06. The Kier molecular flexibility index (Phi) is 5.68. The molecule has 5 nitrogen and oxygen atoms in total. The SMILES string of the molecule is CCCC(C)(C)NS(=O)(=O)N1CCC(CNC2CC2)CC1. The van der Waals surface area contributed by atoms with E-state index < -0.39 is 10.2 Å². The molecule has 1 heterocycles. The molecular formula is C15H31N3O2S. The lowest BCUT2D eigenvalue weighted by molar-refractivity contribution is 0.259. The minimum absolute atomic E-state index is 0.363. The summed E-state index contributed by atoms with van der Waals surface area (Å²) in [5.74, 6) is 0.626. The van der Waals surface area contributed by atoms with E-state index in [4.69, 9.17) is 0 Å². The van der Waals surface area contributed by atoms with E-state index in [2.05, 4.69) is 17.0 Å². The highest BCUT2D eigenvalue weighted by atomic mass is 32.2. The molecule has 1 aliphatic carbocycles. The maximum Gasteiger partial charge on any atom is 0.279 e. The van der Waals surface area contributed by atoms with E-state index in [-0.39, 0.29) is 5.54 Å². The van der Waals surface area contributed by atoms with Crippen molar-refractivity contribution in [1.29, 1.82) is 0 Å². The average molecular weight is 317 g/mol. The lowest BCUT2D eigenvalue weighted by Gasteiger charge is -2.34. The van der Waals surface area contributed by atoms with Crippen LogP contribution in [0.25, 0.3) is 0 Å². The van der Waals surface area contributed by atoms with Crippen LogP contribution >= 0.6 is 0 Å². The zero-order valence-corrected chi connectivity index (χ0v) is 14.5. The molecule has 0 aromatic rings. The first-order chi connectivity index (χ1) is 9.82. The van der Waals surface area contributed by atoms with Crippen LogP contribution in [0.2, 0.25) is 0 Å². The van der Waals surface area contributed by atoms with Crippen molar-refractivity contribution in [2.24, 2.45) is 5.92 Å². The van der Waals surface area contributed by atoms with Crippen LogP contribution in [-0.4, -0.2) is 43.9 Å². The zero-order valence-electron chi connectivity index (χ0n) is 13.7. The minimum atomic E-state index is -3.34. The molecule has 2 aliphatic rings. The summed E-state index contributed by atoms with van der Waals surface area (Å²) >= 11 is 0. The molecule has 0 amide bonds. The van der Waals surface area contributed by atoms with Crippen LogP contribution < -0.4 is 10.0 Å². The summed E-state index contributed by atoms with van der Waals surface area (Å²) in [6.45, 7) is 8.34. The first-order valence-electron chi connectivity index (χ1n) is 8.35. The van der Waals surface area contributed by atoms with Gasteiger partial charge < -0.3 is 5.32 Å². The molecular weight excluding hydrogens is 286 g/mol. The monoisotopic (exact) mass is 317 g/mol. The lowest BCUT2D eigenvalue weighted by atomic mass is 9.98. The highest BCUT2D eigenvalue weighted by Gasteiger charge is 2.32. The quantitative estimate of drug-likeness (QED) is 0.718. The fourth-order valence-corrected chi connectivity index (χ4v) is 4.69. The van der Waals surface area contributed by atoms with Gasteiger partial charge in [0.15, 0.2) is 0 Å². The molecule has 21 heavy (non-hydrogen) atoms. The largest absolute Gasteiger partial charge is 0.314 e. The summed E-state index contributed by atoms with van der Waals surface area (Å²) in [5, 5.41) is 3.55. The highest BCUT2D eigenvalue weighted by Crippen LogP contribution is 2.23. The van der Waals surface area contributed by atoms with Gasteiger partial charge in [-0.15, -0.1) is 0 Å². The average Bonchev–Trinajstić information content (AvgIpc) is 3.19. The third kappa shape index (κ3) is 5.51. The van der Waals surface area contributed by atoms with E-state index in [0.717, 1.165) is 38.3 Å². The van der Waals surface area contributed by atoms with Crippen LogP contribution in [0.5, 0.6) is 0 Å². The number of rotatable bonds is 8. The Balaban J connectivity index is 1.79.